The Hall–Kier alpha value is -1.64. The van der Waals surface area contributed by atoms with Crippen LogP contribution in [0.2, 0.25) is 0 Å². The number of aromatic hydroxyl groups is 1. The highest BCUT2D eigenvalue weighted by molar-refractivity contribution is 6.02. The number of carbonyl (C=O) groups excluding carboxylic acids is 2. The van der Waals surface area contributed by atoms with Crippen LogP contribution in [0.3, 0.4) is 0 Å². The molecule has 0 radical (unpaired) electrons. The van der Waals surface area contributed by atoms with E-state index in [1.807, 2.05) is 0 Å². The van der Waals surface area contributed by atoms with Gasteiger partial charge in [0, 0.05) is 12.8 Å². The third-order valence-corrected chi connectivity index (χ3v) is 2.71. The Balaban J connectivity index is 2.19. The van der Waals surface area contributed by atoms with E-state index in [9.17, 15) is 9.59 Å². The number of Topliss-reactive ketones (excluding diaryl/α,β-unsaturated/α-hetero) is 2. The predicted molar refractivity (Wildman–Crippen MR) is 54.7 cm³/mol. The van der Waals surface area contributed by atoms with Gasteiger partial charge in [0.15, 0.2) is 0 Å². The molecule has 0 atom stereocenters. The van der Waals surface area contributed by atoms with Crippen molar-refractivity contribution in [3.05, 3.63) is 29.8 Å². The lowest BCUT2D eigenvalue weighted by atomic mass is 9.83. The molecular formula is C12H12O3. The first kappa shape index (κ1) is 9.90. The van der Waals surface area contributed by atoms with Crippen LogP contribution in [0.5, 0.6) is 5.75 Å². The van der Waals surface area contributed by atoms with E-state index in [1.54, 1.807) is 24.3 Å². The van der Waals surface area contributed by atoms with E-state index in [0.717, 1.165) is 5.56 Å². The molecule has 1 saturated carbocycles. The van der Waals surface area contributed by atoms with Crippen molar-refractivity contribution >= 4 is 11.6 Å². The summed E-state index contributed by atoms with van der Waals surface area (Å²) in [6.45, 7) is 0. The van der Waals surface area contributed by atoms with Crippen LogP contribution in [0.25, 0.3) is 0 Å². The smallest absolute Gasteiger partial charge is 0.140 e. The van der Waals surface area contributed by atoms with Gasteiger partial charge in [-0.15, -0.1) is 0 Å². The van der Waals surface area contributed by atoms with Crippen molar-refractivity contribution in [1.29, 1.82) is 0 Å². The Morgan fingerprint density at radius 1 is 1.00 bits per heavy atom. The molecule has 2 rings (SSSR count). The lowest BCUT2D eigenvalue weighted by Crippen LogP contribution is -2.21. The van der Waals surface area contributed by atoms with Crippen molar-refractivity contribution in [2.24, 2.45) is 0 Å². The number of rotatable bonds is 1. The Labute approximate surface area is 87.7 Å². The number of benzene rings is 1. The molecule has 0 saturated heterocycles. The molecule has 0 spiro atoms. The zero-order chi connectivity index (χ0) is 10.8. The second-order valence-electron chi connectivity index (χ2n) is 3.95. The maximum absolute atomic E-state index is 11.3. The second kappa shape index (κ2) is 3.85. The zero-order valence-electron chi connectivity index (χ0n) is 8.27. The molecular weight excluding hydrogens is 192 g/mol. The molecule has 0 unspecified atom stereocenters. The average Bonchev–Trinajstić information content (AvgIpc) is 2.17. The Bertz CT molecular complexity index is 376. The van der Waals surface area contributed by atoms with Gasteiger partial charge >= 0.3 is 0 Å². The Morgan fingerprint density at radius 3 is 2.07 bits per heavy atom. The van der Waals surface area contributed by atoms with Crippen LogP contribution in [-0.2, 0) is 9.59 Å². The fourth-order valence-corrected chi connectivity index (χ4v) is 1.97. The van der Waals surface area contributed by atoms with Crippen LogP contribution in [0.1, 0.15) is 30.7 Å². The fraction of sp³-hybridized carbons (Fsp3) is 0.333. The zero-order valence-corrected chi connectivity index (χ0v) is 8.27. The van der Waals surface area contributed by atoms with Crippen molar-refractivity contribution in [3.63, 3.8) is 0 Å². The first-order valence-electron chi connectivity index (χ1n) is 4.97. The van der Waals surface area contributed by atoms with Crippen molar-refractivity contribution < 1.29 is 14.7 Å². The van der Waals surface area contributed by atoms with E-state index < -0.39 is 0 Å². The molecule has 0 heterocycles. The minimum atomic E-state index is -0.000602. The SMILES string of the molecule is O=C1CC(=O)CC(c2ccc(O)cc2)C1. The maximum Gasteiger partial charge on any atom is 0.140 e. The number of phenols is 1. The van der Waals surface area contributed by atoms with E-state index >= 15 is 0 Å². The monoisotopic (exact) mass is 204 g/mol. The van der Waals surface area contributed by atoms with Gasteiger partial charge in [-0.25, -0.2) is 0 Å². The normalized spacial score (nSPS) is 18.1. The number of ketones is 2. The van der Waals surface area contributed by atoms with Gasteiger partial charge in [0.2, 0.25) is 0 Å². The van der Waals surface area contributed by atoms with Crippen LogP contribution >= 0.6 is 0 Å². The summed E-state index contributed by atoms with van der Waals surface area (Å²) in [5.41, 5.74) is 0.953. The van der Waals surface area contributed by atoms with Gasteiger partial charge in [-0.2, -0.15) is 0 Å². The summed E-state index contributed by atoms with van der Waals surface area (Å²) in [5.74, 6) is 0.236. The topological polar surface area (TPSA) is 54.4 Å². The first-order valence-corrected chi connectivity index (χ1v) is 4.97. The van der Waals surface area contributed by atoms with Gasteiger partial charge in [0.1, 0.15) is 17.3 Å². The molecule has 0 aliphatic heterocycles. The molecule has 1 aliphatic carbocycles. The minimum Gasteiger partial charge on any atom is -0.508 e. The second-order valence-corrected chi connectivity index (χ2v) is 3.95. The average molecular weight is 204 g/mol. The van der Waals surface area contributed by atoms with E-state index in [0.29, 0.717) is 12.8 Å². The lowest BCUT2D eigenvalue weighted by Gasteiger charge is -2.20. The molecule has 1 aromatic carbocycles. The molecule has 78 valence electrons. The maximum atomic E-state index is 11.3. The molecule has 3 nitrogen and oxygen atoms in total. The molecule has 15 heavy (non-hydrogen) atoms. The third kappa shape index (κ3) is 2.24. The van der Waals surface area contributed by atoms with Gasteiger partial charge in [-0.3, -0.25) is 9.59 Å². The lowest BCUT2D eigenvalue weighted by molar-refractivity contribution is -0.130. The predicted octanol–water partition coefficient (Wildman–Crippen LogP) is 1.80. The summed E-state index contributed by atoms with van der Waals surface area (Å²) in [6.07, 6.45) is 0.974. The Morgan fingerprint density at radius 2 is 1.53 bits per heavy atom. The molecule has 1 aliphatic rings. The molecule has 0 amide bonds. The van der Waals surface area contributed by atoms with Gasteiger partial charge in [-0.05, 0) is 23.6 Å². The molecule has 1 aromatic rings. The molecule has 1 N–H and O–H groups in total. The highest BCUT2D eigenvalue weighted by Crippen LogP contribution is 2.29. The number of hydrogen-bond acceptors (Lipinski definition) is 3. The van der Waals surface area contributed by atoms with Crippen molar-refractivity contribution in [2.45, 2.75) is 25.2 Å². The van der Waals surface area contributed by atoms with Crippen LogP contribution in [0, 0.1) is 0 Å². The summed E-state index contributed by atoms with van der Waals surface area (Å²) < 4.78 is 0. The summed E-state index contributed by atoms with van der Waals surface area (Å²) in [4.78, 5) is 22.5. The molecule has 1 fully saturated rings. The van der Waals surface area contributed by atoms with Crippen LogP contribution in [0.4, 0.5) is 0 Å². The Kier molecular flexibility index (Phi) is 2.54. The van der Waals surface area contributed by atoms with E-state index in [-0.39, 0.29) is 29.7 Å². The van der Waals surface area contributed by atoms with Crippen LogP contribution < -0.4 is 0 Å². The standard InChI is InChI=1S/C12H12O3/c13-10-3-1-8(2-4-10)9-5-11(14)7-12(15)6-9/h1-4,9,13H,5-7H2. The van der Waals surface area contributed by atoms with E-state index in [2.05, 4.69) is 0 Å². The largest absolute Gasteiger partial charge is 0.508 e. The molecule has 0 bridgehead atoms. The van der Waals surface area contributed by atoms with Gasteiger partial charge in [0.05, 0.1) is 6.42 Å². The minimum absolute atomic E-state index is 0.000602. The van der Waals surface area contributed by atoms with Gasteiger partial charge in [-0.1, -0.05) is 12.1 Å². The van der Waals surface area contributed by atoms with Gasteiger partial charge in [0.25, 0.3) is 0 Å². The summed E-state index contributed by atoms with van der Waals surface area (Å²) >= 11 is 0. The quantitative estimate of drug-likeness (QED) is 0.709. The molecule has 3 heteroatoms. The van der Waals surface area contributed by atoms with Gasteiger partial charge < -0.3 is 5.11 Å². The number of carbonyl (C=O) groups is 2. The first-order chi connectivity index (χ1) is 7.15. The van der Waals surface area contributed by atoms with E-state index in [1.165, 1.54) is 0 Å². The van der Waals surface area contributed by atoms with Crippen molar-refractivity contribution in [2.75, 3.05) is 0 Å². The number of hydrogen-bond donors (Lipinski definition) is 1. The van der Waals surface area contributed by atoms with Crippen molar-refractivity contribution in [1.82, 2.24) is 0 Å². The summed E-state index contributed by atoms with van der Waals surface area (Å²) in [7, 11) is 0. The highest BCUT2D eigenvalue weighted by atomic mass is 16.3. The highest BCUT2D eigenvalue weighted by Gasteiger charge is 2.26. The summed E-state index contributed by atoms with van der Waals surface area (Å²) in [5, 5.41) is 9.13. The third-order valence-electron chi connectivity index (χ3n) is 2.71. The summed E-state index contributed by atoms with van der Waals surface area (Å²) in [6, 6.07) is 6.70. The fourth-order valence-electron chi connectivity index (χ4n) is 1.97. The van der Waals surface area contributed by atoms with Crippen molar-refractivity contribution in [3.8, 4) is 5.75 Å². The van der Waals surface area contributed by atoms with Crippen LogP contribution in [-0.4, -0.2) is 16.7 Å². The van der Waals surface area contributed by atoms with E-state index in [4.69, 9.17) is 5.11 Å². The number of phenolic OH excluding ortho intramolecular Hbond substituents is 1. The molecule has 0 aromatic heterocycles. The van der Waals surface area contributed by atoms with Crippen LogP contribution in [0.15, 0.2) is 24.3 Å².